The normalized spacial score (nSPS) is 10.6. The van der Waals surface area contributed by atoms with Crippen molar-refractivity contribution in [3.05, 3.63) is 41.0 Å². The lowest BCUT2D eigenvalue weighted by Gasteiger charge is -2.11. The van der Waals surface area contributed by atoms with E-state index >= 15 is 0 Å². The van der Waals surface area contributed by atoms with Crippen LogP contribution in [0.3, 0.4) is 0 Å². The first-order chi connectivity index (χ1) is 8.00. The van der Waals surface area contributed by atoms with E-state index in [9.17, 15) is 4.39 Å². The Labute approximate surface area is 99.5 Å². The molecule has 0 spiro atoms. The van der Waals surface area contributed by atoms with E-state index in [1.807, 2.05) is 19.9 Å². The van der Waals surface area contributed by atoms with Crippen LogP contribution in [-0.4, -0.2) is 9.97 Å². The maximum absolute atomic E-state index is 14.0. The van der Waals surface area contributed by atoms with Gasteiger partial charge in [-0.3, -0.25) is 0 Å². The first kappa shape index (κ1) is 11.5. The molecular formula is C13H14FN3. The average Bonchev–Trinajstić information content (AvgIpc) is 2.23. The molecule has 2 N–H and O–H groups in total. The molecule has 0 atom stereocenters. The predicted molar refractivity (Wildman–Crippen MR) is 66.0 cm³/mol. The monoisotopic (exact) mass is 231 g/mol. The molecule has 0 saturated carbocycles. The Kier molecular flexibility index (Phi) is 2.79. The SMILES string of the molecule is Cc1cc(C)c(-c2ncnc(N)c2C)c(F)c1. The van der Waals surface area contributed by atoms with Gasteiger partial charge in [-0.25, -0.2) is 14.4 Å². The third kappa shape index (κ3) is 1.98. The molecule has 2 aromatic rings. The molecule has 0 aliphatic rings. The highest BCUT2D eigenvalue weighted by atomic mass is 19.1. The van der Waals surface area contributed by atoms with Gasteiger partial charge in [-0.1, -0.05) is 6.07 Å². The van der Waals surface area contributed by atoms with Gasteiger partial charge in [0.25, 0.3) is 0 Å². The van der Waals surface area contributed by atoms with Gasteiger partial charge in [-0.05, 0) is 38.0 Å². The Morgan fingerprint density at radius 3 is 2.47 bits per heavy atom. The Bertz CT molecular complexity index is 556. The average molecular weight is 231 g/mol. The zero-order valence-corrected chi connectivity index (χ0v) is 10.1. The molecular weight excluding hydrogens is 217 g/mol. The Hall–Kier alpha value is -1.97. The molecule has 2 rings (SSSR count). The summed E-state index contributed by atoms with van der Waals surface area (Å²) in [5.74, 6) is 0.109. The van der Waals surface area contributed by atoms with Gasteiger partial charge >= 0.3 is 0 Å². The number of rotatable bonds is 1. The topological polar surface area (TPSA) is 51.8 Å². The zero-order chi connectivity index (χ0) is 12.6. The van der Waals surface area contributed by atoms with Gasteiger partial charge in [-0.15, -0.1) is 0 Å². The van der Waals surface area contributed by atoms with Crippen molar-refractivity contribution in [1.82, 2.24) is 9.97 Å². The highest BCUT2D eigenvalue weighted by Crippen LogP contribution is 2.29. The molecule has 0 fully saturated rings. The molecule has 0 saturated heterocycles. The number of hydrogen-bond donors (Lipinski definition) is 1. The highest BCUT2D eigenvalue weighted by Gasteiger charge is 2.14. The number of nitrogens with two attached hydrogens (primary N) is 1. The molecule has 0 aliphatic heterocycles. The summed E-state index contributed by atoms with van der Waals surface area (Å²) in [7, 11) is 0. The van der Waals surface area contributed by atoms with Crippen LogP contribution >= 0.6 is 0 Å². The molecule has 0 amide bonds. The number of hydrogen-bond acceptors (Lipinski definition) is 3. The van der Waals surface area contributed by atoms with Crippen molar-refractivity contribution in [3.63, 3.8) is 0 Å². The van der Waals surface area contributed by atoms with E-state index in [1.54, 1.807) is 6.92 Å². The van der Waals surface area contributed by atoms with Gasteiger partial charge in [0.15, 0.2) is 0 Å². The van der Waals surface area contributed by atoms with Gasteiger partial charge in [0.1, 0.15) is 18.0 Å². The van der Waals surface area contributed by atoms with Crippen molar-refractivity contribution in [2.24, 2.45) is 0 Å². The lowest BCUT2D eigenvalue weighted by atomic mass is 9.99. The molecule has 88 valence electrons. The Morgan fingerprint density at radius 1 is 1.12 bits per heavy atom. The molecule has 1 heterocycles. The van der Waals surface area contributed by atoms with E-state index in [0.29, 0.717) is 22.6 Å². The second-order valence-electron chi connectivity index (χ2n) is 4.17. The van der Waals surface area contributed by atoms with Crippen LogP contribution in [0.2, 0.25) is 0 Å². The summed E-state index contributed by atoms with van der Waals surface area (Å²) < 4.78 is 14.0. The van der Waals surface area contributed by atoms with Crippen LogP contribution < -0.4 is 5.73 Å². The van der Waals surface area contributed by atoms with E-state index in [-0.39, 0.29) is 5.82 Å². The van der Waals surface area contributed by atoms with Crippen LogP contribution in [0.1, 0.15) is 16.7 Å². The number of nitrogens with zero attached hydrogens (tertiary/aromatic N) is 2. The smallest absolute Gasteiger partial charge is 0.133 e. The Balaban J connectivity index is 2.73. The minimum atomic E-state index is -0.274. The summed E-state index contributed by atoms with van der Waals surface area (Å²) in [4.78, 5) is 8.02. The molecule has 1 aromatic heterocycles. The maximum atomic E-state index is 14.0. The van der Waals surface area contributed by atoms with Crippen LogP contribution in [0.4, 0.5) is 10.2 Å². The predicted octanol–water partition coefficient (Wildman–Crippen LogP) is 2.79. The van der Waals surface area contributed by atoms with Crippen molar-refractivity contribution in [3.8, 4) is 11.3 Å². The minimum Gasteiger partial charge on any atom is -0.383 e. The van der Waals surface area contributed by atoms with E-state index in [4.69, 9.17) is 5.73 Å². The first-order valence-corrected chi connectivity index (χ1v) is 5.35. The van der Waals surface area contributed by atoms with Crippen molar-refractivity contribution in [2.45, 2.75) is 20.8 Å². The highest BCUT2D eigenvalue weighted by molar-refractivity contribution is 5.70. The van der Waals surface area contributed by atoms with Gasteiger partial charge in [0.05, 0.1) is 5.69 Å². The standard InChI is InChI=1S/C13H14FN3/c1-7-4-8(2)11(10(14)5-7)12-9(3)13(15)17-6-16-12/h4-6H,1-3H3,(H2,15,16,17). The third-order valence-electron chi connectivity index (χ3n) is 2.79. The minimum absolute atomic E-state index is 0.274. The summed E-state index contributed by atoms with van der Waals surface area (Å²) in [5, 5.41) is 0. The van der Waals surface area contributed by atoms with Crippen LogP contribution in [-0.2, 0) is 0 Å². The number of aryl methyl sites for hydroxylation is 2. The molecule has 17 heavy (non-hydrogen) atoms. The van der Waals surface area contributed by atoms with E-state index < -0.39 is 0 Å². The quantitative estimate of drug-likeness (QED) is 0.821. The fourth-order valence-corrected chi connectivity index (χ4v) is 1.93. The van der Waals surface area contributed by atoms with Crippen molar-refractivity contribution >= 4 is 5.82 Å². The van der Waals surface area contributed by atoms with E-state index in [0.717, 1.165) is 11.1 Å². The summed E-state index contributed by atoms with van der Waals surface area (Å²) in [5.41, 5.74) is 9.23. The molecule has 0 unspecified atom stereocenters. The maximum Gasteiger partial charge on any atom is 0.133 e. The summed E-state index contributed by atoms with van der Waals surface area (Å²) in [6, 6.07) is 3.43. The van der Waals surface area contributed by atoms with Crippen molar-refractivity contribution < 1.29 is 4.39 Å². The summed E-state index contributed by atoms with van der Waals surface area (Å²) in [6.45, 7) is 5.52. The first-order valence-electron chi connectivity index (χ1n) is 5.35. The van der Waals surface area contributed by atoms with Gasteiger partial charge < -0.3 is 5.73 Å². The van der Waals surface area contributed by atoms with E-state index in [1.165, 1.54) is 12.4 Å². The summed E-state index contributed by atoms with van der Waals surface area (Å²) in [6.07, 6.45) is 1.36. The van der Waals surface area contributed by atoms with Gasteiger partial charge in [0.2, 0.25) is 0 Å². The van der Waals surface area contributed by atoms with Crippen molar-refractivity contribution in [1.29, 1.82) is 0 Å². The van der Waals surface area contributed by atoms with Crippen LogP contribution in [0.5, 0.6) is 0 Å². The number of nitrogen functional groups attached to an aromatic ring is 1. The van der Waals surface area contributed by atoms with E-state index in [2.05, 4.69) is 9.97 Å². The van der Waals surface area contributed by atoms with Crippen LogP contribution in [0, 0.1) is 26.6 Å². The number of aromatic nitrogens is 2. The molecule has 1 aromatic carbocycles. The van der Waals surface area contributed by atoms with Gasteiger partial charge in [0, 0.05) is 11.1 Å². The second-order valence-corrected chi connectivity index (χ2v) is 4.17. The molecule has 0 aliphatic carbocycles. The number of benzene rings is 1. The van der Waals surface area contributed by atoms with Crippen LogP contribution in [0.15, 0.2) is 18.5 Å². The van der Waals surface area contributed by atoms with Crippen molar-refractivity contribution in [2.75, 3.05) is 5.73 Å². The molecule has 3 nitrogen and oxygen atoms in total. The Morgan fingerprint density at radius 2 is 1.82 bits per heavy atom. The lowest BCUT2D eigenvalue weighted by molar-refractivity contribution is 0.628. The number of halogens is 1. The molecule has 0 bridgehead atoms. The van der Waals surface area contributed by atoms with Gasteiger partial charge in [-0.2, -0.15) is 0 Å². The summed E-state index contributed by atoms with van der Waals surface area (Å²) >= 11 is 0. The zero-order valence-electron chi connectivity index (χ0n) is 10.1. The largest absolute Gasteiger partial charge is 0.383 e. The third-order valence-corrected chi connectivity index (χ3v) is 2.79. The number of anilines is 1. The lowest BCUT2D eigenvalue weighted by Crippen LogP contribution is -2.01. The fraction of sp³-hybridized carbons (Fsp3) is 0.231. The molecule has 4 heteroatoms. The van der Waals surface area contributed by atoms with Crippen LogP contribution in [0.25, 0.3) is 11.3 Å². The molecule has 0 radical (unpaired) electrons. The second kappa shape index (κ2) is 4.13. The fourth-order valence-electron chi connectivity index (χ4n) is 1.93.